The molecule has 0 aliphatic carbocycles. The Hall–Kier alpha value is -1.37. The quantitative estimate of drug-likeness (QED) is 0.616. The van der Waals surface area contributed by atoms with E-state index in [2.05, 4.69) is 22.6 Å². The number of nitrogens with zero attached hydrogens (tertiary/aromatic N) is 1. The Labute approximate surface area is 119 Å². The second-order valence-electron chi connectivity index (χ2n) is 3.76. The van der Waals surface area contributed by atoms with E-state index in [1.54, 1.807) is 18.2 Å². The number of halogens is 1. The smallest absolute Gasteiger partial charge is 0.341 e. The molecule has 94 valence electrons. The number of rotatable bonds is 3. The average Bonchev–Trinajstić information content (AvgIpc) is 2.70. The first-order valence-corrected chi connectivity index (χ1v) is 6.65. The molecule has 1 amide bonds. The lowest BCUT2D eigenvalue weighted by molar-refractivity contribution is -0.130. The molecule has 0 saturated heterocycles. The molecule has 0 saturated carbocycles. The van der Waals surface area contributed by atoms with Crippen LogP contribution >= 0.6 is 22.6 Å². The maximum atomic E-state index is 12.0. The molecular weight excluding hydrogens is 345 g/mol. The van der Waals surface area contributed by atoms with Gasteiger partial charge in [0.1, 0.15) is 0 Å². The van der Waals surface area contributed by atoms with E-state index in [-0.39, 0.29) is 5.91 Å². The number of amides is 1. The minimum Gasteiger partial charge on any atom is -0.434 e. The van der Waals surface area contributed by atoms with Gasteiger partial charge in [-0.3, -0.25) is 4.79 Å². The van der Waals surface area contributed by atoms with Crippen LogP contribution < -0.4 is 0 Å². The van der Waals surface area contributed by atoms with Crippen LogP contribution in [0.3, 0.4) is 0 Å². The van der Waals surface area contributed by atoms with Gasteiger partial charge in [-0.15, -0.1) is 0 Å². The molecule has 0 bridgehead atoms. The SMILES string of the molecule is CCN1C(=O)C=CC1OC(=O)c1ccccc1I. The summed E-state index contributed by atoms with van der Waals surface area (Å²) in [5.41, 5.74) is 0.516. The lowest BCUT2D eigenvalue weighted by atomic mass is 10.2. The van der Waals surface area contributed by atoms with Crippen LogP contribution in [0.15, 0.2) is 36.4 Å². The monoisotopic (exact) mass is 357 g/mol. The van der Waals surface area contributed by atoms with E-state index >= 15 is 0 Å². The van der Waals surface area contributed by atoms with E-state index in [1.807, 2.05) is 19.1 Å². The number of esters is 1. The summed E-state index contributed by atoms with van der Waals surface area (Å²) in [6.45, 7) is 2.35. The Morgan fingerprint density at radius 2 is 2.17 bits per heavy atom. The van der Waals surface area contributed by atoms with Crippen molar-refractivity contribution in [2.75, 3.05) is 6.54 Å². The van der Waals surface area contributed by atoms with Gasteiger partial charge in [-0.2, -0.15) is 0 Å². The molecule has 1 heterocycles. The maximum Gasteiger partial charge on any atom is 0.341 e. The highest BCUT2D eigenvalue weighted by atomic mass is 127. The Kier molecular flexibility index (Phi) is 4.00. The fraction of sp³-hybridized carbons (Fsp3) is 0.231. The van der Waals surface area contributed by atoms with Gasteiger partial charge in [-0.05, 0) is 47.7 Å². The van der Waals surface area contributed by atoms with Crippen LogP contribution in [0.1, 0.15) is 17.3 Å². The number of benzene rings is 1. The maximum absolute atomic E-state index is 12.0. The Balaban J connectivity index is 2.11. The highest BCUT2D eigenvalue weighted by Crippen LogP contribution is 2.17. The molecule has 1 unspecified atom stereocenters. The Morgan fingerprint density at radius 1 is 1.44 bits per heavy atom. The van der Waals surface area contributed by atoms with Crippen molar-refractivity contribution in [3.8, 4) is 0 Å². The minimum atomic E-state index is -0.592. The topological polar surface area (TPSA) is 46.6 Å². The molecule has 2 rings (SSSR count). The van der Waals surface area contributed by atoms with Crippen molar-refractivity contribution in [3.63, 3.8) is 0 Å². The van der Waals surface area contributed by atoms with Crippen LogP contribution in [-0.2, 0) is 9.53 Å². The normalized spacial score (nSPS) is 18.2. The van der Waals surface area contributed by atoms with Crippen LogP contribution in [0.4, 0.5) is 0 Å². The number of likely N-dealkylation sites (N-methyl/N-ethyl adjacent to an activating group) is 1. The molecule has 1 atom stereocenters. The predicted octanol–water partition coefficient (Wildman–Crippen LogP) is 2.19. The second-order valence-corrected chi connectivity index (χ2v) is 4.92. The molecule has 1 aromatic carbocycles. The van der Waals surface area contributed by atoms with Crippen molar-refractivity contribution in [3.05, 3.63) is 45.6 Å². The van der Waals surface area contributed by atoms with Crippen molar-refractivity contribution >= 4 is 34.5 Å². The third-order valence-corrected chi connectivity index (χ3v) is 3.60. The van der Waals surface area contributed by atoms with Crippen LogP contribution in [-0.4, -0.2) is 29.5 Å². The van der Waals surface area contributed by atoms with Crippen LogP contribution in [0.2, 0.25) is 0 Å². The molecule has 0 radical (unpaired) electrons. The Morgan fingerprint density at radius 3 is 2.83 bits per heavy atom. The molecule has 1 aliphatic rings. The fourth-order valence-electron chi connectivity index (χ4n) is 1.73. The number of carbonyl (C=O) groups excluding carboxylic acids is 2. The minimum absolute atomic E-state index is 0.127. The average molecular weight is 357 g/mol. The first-order chi connectivity index (χ1) is 8.63. The lowest BCUT2D eigenvalue weighted by Gasteiger charge is -2.22. The summed E-state index contributed by atoms with van der Waals surface area (Å²) in [4.78, 5) is 24.9. The number of hydrogen-bond donors (Lipinski definition) is 0. The zero-order chi connectivity index (χ0) is 13.1. The molecule has 0 N–H and O–H groups in total. The lowest BCUT2D eigenvalue weighted by Crippen LogP contribution is -2.36. The van der Waals surface area contributed by atoms with Crippen molar-refractivity contribution in [1.82, 2.24) is 4.90 Å². The molecule has 5 heteroatoms. The highest BCUT2D eigenvalue weighted by molar-refractivity contribution is 14.1. The summed E-state index contributed by atoms with van der Waals surface area (Å²) in [5, 5.41) is 0. The zero-order valence-electron chi connectivity index (χ0n) is 9.80. The van der Waals surface area contributed by atoms with Crippen LogP contribution in [0, 0.1) is 3.57 Å². The molecule has 18 heavy (non-hydrogen) atoms. The first kappa shape index (κ1) is 13.1. The third kappa shape index (κ3) is 2.55. The van der Waals surface area contributed by atoms with Gasteiger partial charge in [0.15, 0.2) is 6.23 Å². The van der Waals surface area contributed by atoms with E-state index in [9.17, 15) is 9.59 Å². The van der Waals surface area contributed by atoms with Gasteiger partial charge in [-0.25, -0.2) is 4.79 Å². The standard InChI is InChI=1S/C13H12INO3/c1-2-15-11(16)7-8-12(15)18-13(17)9-5-3-4-6-10(9)14/h3-8,12H,2H2,1H3. The van der Waals surface area contributed by atoms with Crippen LogP contribution in [0.25, 0.3) is 0 Å². The van der Waals surface area contributed by atoms with Crippen molar-refractivity contribution in [2.24, 2.45) is 0 Å². The summed E-state index contributed by atoms with van der Waals surface area (Å²) in [6, 6.07) is 7.19. The first-order valence-electron chi connectivity index (χ1n) is 5.57. The summed E-state index contributed by atoms with van der Waals surface area (Å²) < 4.78 is 6.16. The van der Waals surface area contributed by atoms with Gasteiger partial charge < -0.3 is 9.64 Å². The Bertz CT molecular complexity index is 513. The van der Waals surface area contributed by atoms with E-state index in [1.165, 1.54) is 11.0 Å². The molecule has 1 aromatic rings. The largest absolute Gasteiger partial charge is 0.434 e. The summed E-state index contributed by atoms with van der Waals surface area (Å²) in [6.07, 6.45) is 2.43. The number of carbonyl (C=O) groups is 2. The van der Waals surface area contributed by atoms with Gasteiger partial charge in [0.05, 0.1) is 5.56 Å². The number of ether oxygens (including phenoxy) is 1. The van der Waals surface area contributed by atoms with Gasteiger partial charge in [-0.1, -0.05) is 12.1 Å². The van der Waals surface area contributed by atoms with E-state index in [0.29, 0.717) is 12.1 Å². The van der Waals surface area contributed by atoms with E-state index < -0.39 is 12.2 Å². The van der Waals surface area contributed by atoms with Gasteiger partial charge >= 0.3 is 5.97 Å². The van der Waals surface area contributed by atoms with E-state index in [4.69, 9.17) is 4.74 Å². The van der Waals surface area contributed by atoms with E-state index in [0.717, 1.165) is 3.57 Å². The van der Waals surface area contributed by atoms with Crippen molar-refractivity contribution < 1.29 is 14.3 Å². The molecule has 4 nitrogen and oxygen atoms in total. The van der Waals surface area contributed by atoms with Gasteiger partial charge in [0.2, 0.25) is 5.91 Å². The molecule has 0 aromatic heterocycles. The second kappa shape index (κ2) is 5.51. The van der Waals surface area contributed by atoms with Crippen molar-refractivity contribution in [1.29, 1.82) is 0 Å². The third-order valence-electron chi connectivity index (χ3n) is 2.66. The molecule has 0 spiro atoms. The van der Waals surface area contributed by atoms with Crippen LogP contribution in [0.5, 0.6) is 0 Å². The zero-order valence-corrected chi connectivity index (χ0v) is 12.0. The van der Waals surface area contributed by atoms with Crippen molar-refractivity contribution in [2.45, 2.75) is 13.2 Å². The summed E-state index contributed by atoms with van der Waals surface area (Å²) in [5.74, 6) is -0.541. The predicted molar refractivity (Wildman–Crippen MR) is 74.9 cm³/mol. The highest BCUT2D eigenvalue weighted by Gasteiger charge is 2.28. The summed E-state index contributed by atoms with van der Waals surface area (Å²) >= 11 is 2.08. The number of hydrogen-bond acceptors (Lipinski definition) is 3. The molecular formula is C13H12INO3. The molecule has 0 fully saturated rings. The van der Waals surface area contributed by atoms with Gasteiger partial charge in [0.25, 0.3) is 0 Å². The fourth-order valence-corrected chi connectivity index (χ4v) is 2.34. The van der Waals surface area contributed by atoms with Gasteiger partial charge in [0, 0.05) is 16.2 Å². The molecule has 1 aliphatic heterocycles. The summed E-state index contributed by atoms with van der Waals surface area (Å²) in [7, 11) is 0.